The summed E-state index contributed by atoms with van der Waals surface area (Å²) in [6.07, 6.45) is 7.28. The molecule has 0 saturated carbocycles. The number of aromatic nitrogens is 3. The highest BCUT2D eigenvalue weighted by molar-refractivity contribution is 5.91. The molecular weight excluding hydrogens is 344 g/mol. The smallest absolute Gasteiger partial charge is 0.289 e. The standard InChI is InChI=1S/C20H18N4O3/c25-19-16(15-7-21-12-22-8-15)3-4-17-14-6-13(10-24(17)19)9-23(11-14)20(26)18-2-1-5-27-18/h1-5,7-8,12-14H,6,9-11H2/t13-,14+/m0/s1. The van der Waals surface area contributed by atoms with Crippen LogP contribution in [-0.4, -0.2) is 38.4 Å². The lowest BCUT2D eigenvalue weighted by molar-refractivity contribution is 0.0564. The van der Waals surface area contributed by atoms with E-state index in [1.807, 2.05) is 21.6 Å². The zero-order valence-electron chi connectivity index (χ0n) is 14.6. The van der Waals surface area contributed by atoms with Gasteiger partial charge in [-0.15, -0.1) is 0 Å². The normalized spacial score (nSPS) is 21.0. The molecular formula is C20H18N4O3. The Hall–Kier alpha value is -3.22. The molecule has 2 atom stereocenters. The van der Waals surface area contributed by atoms with Crippen molar-refractivity contribution < 1.29 is 9.21 Å². The fourth-order valence-corrected chi connectivity index (χ4v) is 4.33. The van der Waals surface area contributed by atoms with E-state index in [-0.39, 0.29) is 23.3 Å². The monoisotopic (exact) mass is 362 g/mol. The Labute approximate surface area is 155 Å². The van der Waals surface area contributed by atoms with Crippen molar-refractivity contribution in [2.45, 2.75) is 18.9 Å². The summed E-state index contributed by atoms with van der Waals surface area (Å²) < 4.78 is 7.14. The Bertz CT molecular complexity index is 1040. The number of likely N-dealkylation sites (tertiary alicyclic amines) is 1. The Balaban J connectivity index is 1.49. The second kappa shape index (κ2) is 6.19. The van der Waals surface area contributed by atoms with Gasteiger partial charge < -0.3 is 13.9 Å². The summed E-state index contributed by atoms with van der Waals surface area (Å²) in [5.41, 5.74) is 2.32. The highest BCUT2D eigenvalue weighted by atomic mass is 16.3. The Morgan fingerprint density at radius 3 is 2.74 bits per heavy atom. The van der Waals surface area contributed by atoms with E-state index in [2.05, 4.69) is 9.97 Å². The molecule has 0 aromatic carbocycles. The largest absolute Gasteiger partial charge is 0.459 e. The molecule has 1 amide bonds. The Kier molecular flexibility index (Phi) is 3.67. The van der Waals surface area contributed by atoms with Crippen molar-refractivity contribution in [3.63, 3.8) is 0 Å². The van der Waals surface area contributed by atoms with Crippen LogP contribution >= 0.6 is 0 Å². The molecule has 2 aliphatic rings. The SMILES string of the molecule is O=C(c1ccco1)N1C[C@@H]2C[C@H](C1)c1ccc(-c3cncnc3)c(=O)n1C2. The van der Waals surface area contributed by atoms with Crippen LogP contribution in [0.4, 0.5) is 0 Å². The van der Waals surface area contributed by atoms with E-state index < -0.39 is 0 Å². The van der Waals surface area contributed by atoms with Crippen LogP contribution in [0.3, 0.4) is 0 Å². The Morgan fingerprint density at radius 2 is 1.96 bits per heavy atom. The van der Waals surface area contributed by atoms with Crippen molar-refractivity contribution in [3.8, 4) is 11.1 Å². The molecule has 7 nitrogen and oxygen atoms in total. The predicted molar refractivity (Wildman–Crippen MR) is 97.2 cm³/mol. The van der Waals surface area contributed by atoms with Gasteiger partial charge in [0.1, 0.15) is 6.33 Å². The number of amides is 1. The van der Waals surface area contributed by atoms with Crippen LogP contribution in [-0.2, 0) is 6.54 Å². The van der Waals surface area contributed by atoms with Crippen molar-refractivity contribution in [3.05, 3.63) is 71.1 Å². The zero-order chi connectivity index (χ0) is 18.4. The molecule has 0 spiro atoms. The third-order valence-corrected chi connectivity index (χ3v) is 5.50. The molecule has 136 valence electrons. The van der Waals surface area contributed by atoms with Gasteiger partial charge >= 0.3 is 0 Å². The second-order valence-corrected chi connectivity index (χ2v) is 7.20. The van der Waals surface area contributed by atoms with Crippen LogP contribution in [0.1, 0.15) is 28.6 Å². The Morgan fingerprint density at radius 1 is 1.11 bits per heavy atom. The first-order chi connectivity index (χ1) is 13.2. The van der Waals surface area contributed by atoms with Crippen LogP contribution in [0.15, 0.2) is 58.5 Å². The van der Waals surface area contributed by atoms with Crippen LogP contribution in [0.2, 0.25) is 0 Å². The van der Waals surface area contributed by atoms with Gasteiger partial charge in [0.2, 0.25) is 0 Å². The van der Waals surface area contributed by atoms with Crippen LogP contribution in [0.5, 0.6) is 0 Å². The van der Waals surface area contributed by atoms with Gasteiger partial charge in [0, 0.05) is 49.2 Å². The molecule has 5 heterocycles. The topological polar surface area (TPSA) is 81.2 Å². The average Bonchev–Trinajstić information content (AvgIpc) is 3.23. The van der Waals surface area contributed by atoms with Crippen molar-refractivity contribution in [1.29, 1.82) is 0 Å². The molecule has 0 aliphatic carbocycles. The highest BCUT2D eigenvalue weighted by Crippen LogP contribution is 2.36. The van der Waals surface area contributed by atoms with E-state index in [0.717, 1.165) is 17.7 Å². The number of furan rings is 1. The molecule has 7 heteroatoms. The van der Waals surface area contributed by atoms with Gasteiger partial charge in [0.05, 0.1) is 11.8 Å². The summed E-state index contributed by atoms with van der Waals surface area (Å²) in [7, 11) is 0. The fraction of sp³-hybridized carbons (Fsp3) is 0.300. The van der Waals surface area contributed by atoms with Crippen LogP contribution < -0.4 is 5.56 Å². The zero-order valence-corrected chi connectivity index (χ0v) is 14.6. The molecule has 2 aliphatic heterocycles. The lowest BCUT2D eigenvalue weighted by Gasteiger charge is -2.42. The summed E-state index contributed by atoms with van der Waals surface area (Å²) in [5.74, 6) is 0.704. The summed E-state index contributed by atoms with van der Waals surface area (Å²) in [6.45, 7) is 1.86. The summed E-state index contributed by atoms with van der Waals surface area (Å²) in [4.78, 5) is 35.6. The number of hydrogen-bond donors (Lipinski definition) is 0. The minimum Gasteiger partial charge on any atom is -0.459 e. The number of piperidine rings is 1. The fourth-order valence-electron chi connectivity index (χ4n) is 4.33. The van der Waals surface area contributed by atoms with Gasteiger partial charge in [0.15, 0.2) is 5.76 Å². The van der Waals surface area contributed by atoms with Crippen molar-refractivity contribution in [2.75, 3.05) is 13.1 Å². The van der Waals surface area contributed by atoms with Gasteiger partial charge in [0.25, 0.3) is 11.5 Å². The number of pyridine rings is 1. The molecule has 3 aromatic heterocycles. The van der Waals surface area contributed by atoms with Gasteiger partial charge in [-0.05, 0) is 36.6 Å². The highest BCUT2D eigenvalue weighted by Gasteiger charge is 2.37. The third-order valence-electron chi connectivity index (χ3n) is 5.50. The van der Waals surface area contributed by atoms with Gasteiger partial charge in [-0.3, -0.25) is 9.59 Å². The minimum absolute atomic E-state index is 0.0113. The van der Waals surface area contributed by atoms with E-state index in [1.165, 1.54) is 12.6 Å². The van der Waals surface area contributed by atoms with E-state index in [1.54, 1.807) is 24.5 Å². The van der Waals surface area contributed by atoms with Crippen molar-refractivity contribution in [1.82, 2.24) is 19.4 Å². The molecule has 1 fully saturated rings. The first kappa shape index (κ1) is 16.0. The lowest BCUT2D eigenvalue weighted by Crippen LogP contribution is -2.49. The number of hydrogen-bond acceptors (Lipinski definition) is 5. The second-order valence-electron chi connectivity index (χ2n) is 7.20. The van der Waals surface area contributed by atoms with Crippen molar-refractivity contribution >= 4 is 5.91 Å². The number of carbonyl (C=O) groups excluding carboxylic acids is 1. The predicted octanol–water partition coefficient (Wildman–Crippen LogP) is 2.16. The summed E-state index contributed by atoms with van der Waals surface area (Å²) >= 11 is 0. The third kappa shape index (κ3) is 2.66. The lowest BCUT2D eigenvalue weighted by atomic mass is 9.82. The summed E-state index contributed by atoms with van der Waals surface area (Å²) in [5, 5.41) is 0. The average molecular weight is 362 g/mol. The molecule has 0 radical (unpaired) electrons. The molecule has 5 rings (SSSR count). The summed E-state index contributed by atoms with van der Waals surface area (Å²) in [6, 6.07) is 7.27. The first-order valence-electron chi connectivity index (χ1n) is 9.02. The van der Waals surface area contributed by atoms with Crippen LogP contribution in [0, 0.1) is 5.92 Å². The molecule has 2 bridgehead atoms. The maximum absolute atomic E-state index is 13.1. The van der Waals surface area contributed by atoms with Gasteiger partial charge in [-0.2, -0.15) is 0 Å². The van der Waals surface area contributed by atoms with E-state index in [0.29, 0.717) is 31.0 Å². The number of nitrogens with zero attached hydrogens (tertiary/aromatic N) is 4. The maximum atomic E-state index is 13.1. The van der Waals surface area contributed by atoms with E-state index in [9.17, 15) is 9.59 Å². The van der Waals surface area contributed by atoms with Gasteiger partial charge in [-0.1, -0.05) is 0 Å². The molecule has 27 heavy (non-hydrogen) atoms. The minimum atomic E-state index is -0.0800. The van der Waals surface area contributed by atoms with Gasteiger partial charge in [-0.25, -0.2) is 9.97 Å². The van der Waals surface area contributed by atoms with E-state index >= 15 is 0 Å². The number of rotatable bonds is 2. The molecule has 3 aromatic rings. The number of carbonyl (C=O) groups is 1. The van der Waals surface area contributed by atoms with Crippen molar-refractivity contribution in [2.24, 2.45) is 5.92 Å². The quantitative estimate of drug-likeness (QED) is 0.698. The molecule has 0 N–H and O–H groups in total. The van der Waals surface area contributed by atoms with E-state index in [4.69, 9.17) is 4.42 Å². The van der Waals surface area contributed by atoms with Crippen LogP contribution in [0.25, 0.3) is 11.1 Å². The maximum Gasteiger partial charge on any atom is 0.289 e. The molecule has 1 saturated heterocycles. The first-order valence-corrected chi connectivity index (χ1v) is 9.02. The number of fused-ring (bicyclic) bond motifs is 4. The molecule has 0 unspecified atom stereocenters.